The first-order chi connectivity index (χ1) is 10.8. The van der Waals surface area contributed by atoms with Gasteiger partial charge in [-0.25, -0.2) is 9.37 Å². The van der Waals surface area contributed by atoms with Crippen LogP contribution in [0.1, 0.15) is 48.1 Å². The van der Waals surface area contributed by atoms with Gasteiger partial charge in [0.25, 0.3) is 5.91 Å². The van der Waals surface area contributed by atoms with E-state index in [1.54, 1.807) is 12.1 Å². The molecule has 23 heavy (non-hydrogen) atoms. The number of amides is 1. The summed E-state index contributed by atoms with van der Waals surface area (Å²) in [6.45, 7) is 6.81. The number of aromatic nitrogens is 1. The fourth-order valence-electron chi connectivity index (χ4n) is 2.98. The lowest BCUT2D eigenvalue weighted by Crippen LogP contribution is -2.26. The lowest BCUT2D eigenvalue weighted by Gasteiger charge is -2.33. The third-order valence-electron chi connectivity index (χ3n) is 4.50. The van der Waals surface area contributed by atoms with Gasteiger partial charge in [-0.3, -0.25) is 10.1 Å². The van der Waals surface area contributed by atoms with Crippen molar-refractivity contribution in [2.45, 2.75) is 40.0 Å². The quantitative estimate of drug-likeness (QED) is 0.867. The van der Waals surface area contributed by atoms with Gasteiger partial charge in [-0.1, -0.05) is 32.9 Å². The molecule has 3 rings (SSSR count). The number of aryl methyl sites for hydroxylation is 1. The van der Waals surface area contributed by atoms with Gasteiger partial charge in [0.2, 0.25) is 0 Å². The number of carbonyl (C=O) groups is 1. The average molecular weight is 332 g/mol. The maximum absolute atomic E-state index is 13.7. The Labute approximate surface area is 140 Å². The Kier molecular flexibility index (Phi) is 4.23. The van der Waals surface area contributed by atoms with E-state index in [0.717, 1.165) is 25.0 Å². The first kappa shape index (κ1) is 16.1. The van der Waals surface area contributed by atoms with Gasteiger partial charge >= 0.3 is 0 Å². The van der Waals surface area contributed by atoms with Crippen molar-refractivity contribution in [3.63, 3.8) is 0 Å². The number of benzene rings is 1. The molecule has 1 unspecified atom stereocenters. The highest BCUT2D eigenvalue weighted by Gasteiger charge is 2.30. The van der Waals surface area contributed by atoms with E-state index in [2.05, 4.69) is 31.1 Å². The molecule has 122 valence electrons. The number of nitrogens with zero attached hydrogens (tertiary/aromatic N) is 1. The van der Waals surface area contributed by atoms with Crippen molar-refractivity contribution in [2.75, 3.05) is 5.32 Å². The van der Waals surface area contributed by atoms with E-state index < -0.39 is 11.7 Å². The van der Waals surface area contributed by atoms with Crippen LogP contribution in [0.25, 0.3) is 0 Å². The van der Waals surface area contributed by atoms with Gasteiger partial charge in [-0.2, -0.15) is 0 Å². The van der Waals surface area contributed by atoms with Gasteiger partial charge in [0.1, 0.15) is 5.82 Å². The molecule has 5 heteroatoms. The highest BCUT2D eigenvalue weighted by molar-refractivity contribution is 7.15. The maximum atomic E-state index is 13.7. The summed E-state index contributed by atoms with van der Waals surface area (Å²) in [4.78, 5) is 18.0. The van der Waals surface area contributed by atoms with E-state index in [-0.39, 0.29) is 11.0 Å². The number of carbonyl (C=O) groups excluding carboxylic acids is 1. The van der Waals surface area contributed by atoms with Crippen molar-refractivity contribution < 1.29 is 9.18 Å². The second kappa shape index (κ2) is 6.04. The van der Waals surface area contributed by atoms with Gasteiger partial charge in [0, 0.05) is 4.88 Å². The molecule has 0 saturated carbocycles. The van der Waals surface area contributed by atoms with Crippen LogP contribution in [0.15, 0.2) is 24.3 Å². The number of hydrogen-bond donors (Lipinski definition) is 1. The fourth-order valence-corrected chi connectivity index (χ4v) is 4.06. The number of rotatable bonds is 2. The smallest absolute Gasteiger partial charge is 0.260 e. The molecule has 0 aliphatic heterocycles. The second-order valence-electron chi connectivity index (χ2n) is 7.13. The Morgan fingerprint density at radius 2 is 2.09 bits per heavy atom. The van der Waals surface area contributed by atoms with E-state index >= 15 is 0 Å². The van der Waals surface area contributed by atoms with Gasteiger partial charge < -0.3 is 0 Å². The average Bonchev–Trinajstić information content (AvgIpc) is 2.87. The van der Waals surface area contributed by atoms with Crippen molar-refractivity contribution in [2.24, 2.45) is 11.3 Å². The van der Waals surface area contributed by atoms with Crippen molar-refractivity contribution >= 4 is 22.4 Å². The van der Waals surface area contributed by atoms with Gasteiger partial charge in [-0.05, 0) is 42.7 Å². The molecule has 0 fully saturated rings. The van der Waals surface area contributed by atoms with E-state index in [1.807, 2.05) is 0 Å². The number of hydrogen-bond acceptors (Lipinski definition) is 3. The lowest BCUT2D eigenvalue weighted by molar-refractivity contribution is 0.102. The highest BCUT2D eigenvalue weighted by atomic mass is 32.1. The predicted molar refractivity (Wildman–Crippen MR) is 91.4 cm³/mol. The van der Waals surface area contributed by atoms with Crippen LogP contribution in [0.4, 0.5) is 9.52 Å². The van der Waals surface area contributed by atoms with Crippen molar-refractivity contribution in [1.82, 2.24) is 4.98 Å². The predicted octanol–water partition coefficient (Wildman–Crippen LogP) is 4.69. The summed E-state index contributed by atoms with van der Waals surface area (Å²) in [7, 11) is 0. The summed E-state index contributed by atoms with van der Waals surface area (Å²) in [6.07, 6.45) is 3.08. The lowest BCUT2D eigenvalue weighted by atomic mass is 9.73. The van der Waals surface area contributed by atoms with Crippen molar-refractivity contribution in [3.05, 3.63) is 46.2 Å². The molecule has 1 amide bonds. The van der Waals surface area contributed by atoms with Crippen LogP contribution in [0.3, 0.4) is 0 Å². The Morgan fingerprint density at radius 1 is 1.35 bits per heavy atom. The Hall–Kier alpha value is -1.75. The summed E-state index contributed by atoms with van der Waals surface area (Å²) in [5, 5.41) is 3.31. The van der Waals surface area contributed by atoms with Crippen LogP contribution in [0.5, 0.6) is 0 Å². The van der Waals surface area contributed by atoms with Crippen LogP contribution < -0.4 is 5.32 Å². The number of nitrogens with one attached hydrogen (secondary N) is 1. The third-order valence-corrected chi connectivity index (χ3v) is 5.54. The molecule has 1 heterocycles. The van der Waals surface area contributed by atoms with E-state index in [1.165, 1.54) is 28.3 Å². The van der Waals surface area contributed by atoms with E-state index in [4.69, 9.17) is 0 Å². The molecular weight excluding hydrogens is 311 g/mol. The van der Waals surface area contributed by atoms with Crippen LogP contribution in [0.2, 0.25) is 0 Å². The summed E-state index contributed by atoms with van der Waals surface area (Å²) in [6, 6.07) is 5.99. The molecule has 1 N–H and O–H groups in total. The number of fused-ring (bicyclic) bond motifs is 1. The molecule has 1 aromatic carbocycles. The first-order valence-corrected chi connectivity index (χ1v) is 8.70. The van der Waals surface area contributed by atoms with Crippen molar-refractivity contribution in [3.8, 4) is 0 Å². The summed E-state index contributed by atoms with van der Waals surface area (Å²) in [5.74, 6) is -0.328. The topological polar surface area (TPSA) is 42.0 Å². The fraction of sp³-hybridized carbons (Fsp3) is 0.444. The normalized spacial score (nSPS) is 17.7. The third kappa shape index (κ3) is 3.44. The summed E-state index contributed by atoms with van der Waals surface area (Å²) >= 11 is 1.52. The zero-order valence-electron chi connectivity index (χ0n) is 13.6. The minimum Gasteiger partial charge on any atom is -0.298 e. The molecule has 2 aromatic rings. The number of thiazole rings is 1. The van der Waals surface area contributed by atoms with Crippen molar-refractivity contribution in [1.29, 1.82) is 0 Å². The summed E-state index contributed by atoms with van der Waals surface area (Å²) < 4.78 is 13.7. The molecule has 1 atom stereocenters. The Bertz CT molecular complexity index is 733. The molecule has 1 aliphatic carbocycles. The molecule has 0 saturated heterocycles. The molecule has 0 radical (unpaired) electrons. The van der Waals surface area contributed by atoms with Gasteiger partial charge in [-0.15, -0.1) is 11.3 Å². The monoisotopic (exact) mass is 332 g/mol. The standard InChI is InChI=1S/C18H21FN2OS/c1-18(2,3)11-8-9-14-15(10-11)23-17(20-14)21-16(22)12-6-4-5-7-13(12)19/h4-7,11H,8-10H2,1-3H3,(H,20,21,22). The van der Waals surface area contributed by atoms with Crippen LogP contribution >= 0.6 is 11.3 Å². The Balaban J connectivity index is 1.76. The maximum Gasteiger partial charge on any atom is 0.260 e. The van der Waals surface area contributed by atoms with Gasteiger partial charge in [0.15, 0.2) is 5.13 Å². The SMILES string of the molecule is CC(C)(C)C1CCc2nc(NC(=O)c3ccccc3F)sc2C1. The van der Waals surface area contributed by atoms with E-state index in [0.29, 0.717) is 11.0 Å². The summed E-state index contributed by atoms with van der Waals surface area (Å²) in [5.41, 5.74) is 1.41. The number of halogens is 1. The minimum absolute atomic E-state index is 0.0493. The van der Waals surface area contributed by atoms with Crippen LogP contribution in [-0.2, 0) is 12.8 Å². The second-order valence-corrected chi connectivity index (χ2v) is 8.21. The molecule has 0 bridgehead atoms. The number of anilines is 1. The van der Waals surface area contributed by atoms with Crippen LogP contribution in [0, 0.1) is 17.2 Å². The Morgan fingerprint density at radius 3 is 2.78 bits per heavy atom. The molecule has 1 aliphatic rings. The first-order valence-electron chi connectivity index (χ1n) is 7.89. The molecule has 0 spiro atoms. The van der Waals surface area contributed by atoms with E-state index in [9.17, 15) is 9.18 Å². The molecule has 3 nitrogen and oxygen atoms in total. The largest absolute Gasteiger partial charge is 0.298 e. The zero-order chi connectivity index (χ0) is 16.6. The highest BCUT2D eigenvalue weighted by Crippen LogP contribution is 2.40. The van der Waals surface area contributed by atoms with Crippen LogP contribution in [-0.4, -0.2) is 10.9 Å². The van der Waals surface area contributed by atoms with Gasteiger partial charge in [0.05, 0.1) is 11.3 Å². The molecular formula is C18H21FN2OS. The molecule has 1 aromatic heterocycles. The minimum atomic E-state index is -0.515. The zero-order valence-corrected chi connectivity index (χ0v) is 14.5.